The van der Waals surface area contributed by atoms with Crippen LogP contribution in [0.3, 0.4) is 0 Å². The summed E-state index contributed by atoms with van der Waals surface area (Å²) in [4.78, 5) is 0. The van der Waals surface area contributed by atoms with E-state index in [1.54, 1.807) is 30.3 Å². The molecule has 0 fully saturated rings. The monoisotopic (exact) mass is 253 g/mol. The van der Waals surface area contributed by atoms with Gasteiger partial charge >= 0.3 is 0 Å². The number of para-hydroxylation sites is 1. The molecule has 1 N–H and O–H groups in total. The lowest BCUT2D eigenvalue weighted by atomic mass is 10.1. The smallest absolute Gasteiger partial charge is 0.145 e. The summed E-state index contributed by atoms with van der Waals surface area (Å²) in [6.07, 6.45) is 0.234. The van der Waals surface area contributed by atoms with E-state index in [9.17, 15) is 5.11 Å². The maximum atomic E-state index is 9.71. The molecule has 0 bridgehead atoms. The summed E-state index contributed by atoms with van der Waals surface area (Å²) in [6, 6.07) is 16.4. The van der Waals surface area contributed by atoms with Crippen molar-refractivity contribution < 1.29 is 9.84 Å². The molecule has 0 heterocycles. The molecule has 0 saturated heterocycles. The zero-order valence-corrected chi connectivity index (χ0v) is 10.7. The molecule has 2 rings (SSSR count). The second-order valence-electron chi connectivity index (χ2n) is 4.20. The molecule has 3 nitrogen and oxygen atoms in total. The molecular formula is C16H15NO2. The molecule has 1 atom stereocenters. The molecular weight excluding hydrogens is 238 g/mol. The number of nitriles is 1. The largest absolute Gasteiger partial charge is 0.456 e. The summed E-state index contributed by atoms with van der Waals surface area (Å²) in [5, 5.41) is 18.7. The second kappa shape index (κ2) is 6.03. The van der Waals surface area contributed by atoms with E-state index in [4.69, 9.17) is 10.00 Å². The lowest BCUT2D eigenvalue weighted by Gasteiger charge is -2.10. The number of hydrogen-bond donors (Lipinski definition) is 1. The minimum Gasteiger partial charge on any atom is -0.456 e. The number of rotatable bonds is 4. The highest BCUT2D eigenvalue weighted by molar-refractivity contribution is 5.45. The quantitative estimate of drug-likeness (QED) is 0.901. The van der Waals surface area contributed by atoms with Crippen LogP contribution in [-0.4, -0.2) is 5.11 Å². The fourth-order valence-corrected chi connectivity index (χ4v) is 1.77. The first-order valence-electron chi connectivity index (χ1n) is 6.19. The fraction of sp³-hybridized carbons (Fsp3) is 0.188. The number of ether oxygens (including phenoxy) is 1. The lowest BCUT2D eigenvalue weighted by molar-refractivity contribution is 0.173. The third-order valence-corrected chi connectivity index (χ3v) is 2.89. The Labute approximate surface area is 112 Å². The van der Waals surface area contributed by atoms with E-state index in [-0.39, 0.29) is 0 Å². The minimum absolute atomic E-state index is 0.444. The molecule has 0 amide bonds. The molecule has 0 radical (unpaired) electrons. The second-order valence-corrected chi connectivity index (χ2v) is 4.20. The summed E-state index contributed by atoms with van der Waals surface area (Å²) < 4.78 is 5.66. The van der Waals surface area contributed by atoms with E-state index >= 15 is 0 Å². The third kappa shape index (κ3) is 3.12. The number of aliphatic hydroxyl groups excluding tert-OH is 1. The van der Waals surface area contributed by atoms with Gasteiger partial charge in [0, 0.05) is 0 Å². The molecule has 0 saturated carbocycles. The normalized spacial score (nSPS) is 11.6. The first kappa shape index (κ1) is 13.1. The first-order valence-corrected chi connectivity index (χ1v) is 6.19. The Kier molecular flexibility index (Phi) is 4.17. The first-order chi connectivity index (χ1) is 9.24. The topological polar surface area (TPSA) is 53.2 Å². The van der Waals surface area contributed by atoms with E-state index in [1.165, 1.54) is 0 Å². The molecule has 3 heteroatoms. The van der Waals surface area contributed by atoms with Crippen LogP contribution >= 0.6 is 0 Å². The molecule has 0 unspecified atom stereocenters. The van der Waals surface area contributed by atoms with Crippen molar-refractivity contribution in [3.8, 4) is 17.6 Å². The summed E-state index contributed by atoms with van der Waals surface area (Å²) in [5.74, 6) is 1.18. The molecule has 0 aliphatic carbocycles. The Morgan fingerprint density at radius 3 is 2.47 bits per heavy atom. The van der Waals surface area contributed by atoms with Crippen LogP contribution < -0.4 is 4.74 Å². The van der Waals surface area contributed by atoms with Crippen molar-refractivity contribution in [3.05, 3.63) is 59.7 Å². The van der Waals surface area contributed by atoms with Gasteiger partial charge in [-0.05, 0) is 36.2 Å². The molecule has 0 aliphatic rings. The minimum atomic E-state index is -0.444. The summed E-state index contributed by atoms with van der Waals surface area (Å²) in [6.45, 7) is 1.93. The van der Waals surface area contributed by atoms with Gasteiger partial charge in [0.15, 0.2) is 0 Å². The van der Waals surface area contributed by atoms with Crippen molar-refractivity contribution >= 4 is 0 Å². The van der Waals surface area contributed by atoms with Crippen molar-refractivity contribution in [1.82, 2.24) is 0 Å². The van der Waals surface area contributed by atoms with Gasteiger partial charge in [-0.15, -0.1) is 0 Å². The molecule has 96 valence electrons. The van der Waals surface area contributed by atoms with Gasteiger partial charge < -0.3 is 9.84 Å². The van der Waals surface area contributed by atoms with E-state index in [1.807, 2.05) is 25.1 Å². The number of nitrogens with zero attached hydrogens (tertiary/aromatic N) is 1. The summed E-state index contributed by atoms with van der Waals surface area (Å²) >= 11 is 0. The van der Waals surface area contributed by atoms with Gasteiger partial charge in [0.2, 0.25) is 0 Å². The predicted octanol–water partition coefficient (Wildman–Crippen LogP) is 3.79. The summed E-state index contributed by atoms with van der Waals surface area (Å²) in [5.41, 5.74) is 1.36. The van der Waals surface area contributed by atoms with E-state index in [2.05, 4.69) is 6.07 Å². The molecule has 2 aromatic rings. The van der Waals surface area contributed by atoms with Crippen LogP contribution in [0, 0.1) is 11.3 Å². The fourth-order valence-electron chi connectivity index (χ4n) is 1.77. The van der Waals surface area contributed by atoms with E-state index in [0.29, 0.717) is 23.5 Å². The van der Waals surface area contributed by atoms with Crippen molar-refractivity contribution in [2.75, 3.05) is 0 Å². The highest BCUT2D eigenvalue weighted by Crippen LogP contribution is 2.26. The average Bonchev–Trinajstić information content (AvgIpc) is 2.48. The zero-order valence-electron chi connectivity index (χ0n) is 10.7. The Hall–Kier alpha value is -2.31. The van der Waals surface area contributed by atoms with Gasteiger partial charge in [-0.25, -0.2) is 0 Å². The molecule has 0 spiro atoms. The van der Waals surface area contributed by atoms with Crippen LogP contribution in [0.15, 0.2) is 48.5 Å². The molecule has 0 aliphatic heterocycles. The van der Waals surface area contributed by atoms with Crippen molar-refractivity contribution in [1.29, 1.82) is 5.26 Å². The van der Waals surface area contributed by atoms with Crippen LogP contribution in [0.4, 0.5) is 0 Å². The molecule has 0 aromatic heterocycles. The SMILES string of the molecule is CC[C@@H](O)c1ccc(Oc2ccccc2C#N)cc1. The van der Waals surface area contributed by atoms with Crippen LogP contribution in [0.1, 0.15) is 30.6 Å². The highest BCUT2D eigenvalue weighted by atomic mass is 16.5. The molecule has 2 aromatic carbocycles. The highest BCUT2D eigenvalue weighted by Gasteiger charge is 2.06. The van der Waals surface area contributed by atoms with Gasteiger partial charge in [0.25, 0.3) is 0 Å². The van der Waals surface area contributed by atoms with Gasteiger partial charge in [-0.3, -0.25) is 0 Å². The van der Waals surface area contributed by atoms with E-state index < -0.39 is 6.10 Å². The van der Waals surface area contributed by atoms with Gasteiger partial charge in [0.1, 0.15) is 17.6 Å². The standard InChI is InChI=1S/C16H15NO2/c1-2-15(18)12-7-9-14(10-8-12)19-16-6-4-3-5-13(16)11-17/h3-10,15,18H,2H2,1H3/t15-/m1/s1. The number of hydrogen-bond acceptors (Lipinski definition) is 3. The van der Waals surface area contributed by atoms with Crippen LogP contribution in [0.2, 0.25) is 0 Å². The lowest BCUT2D eigenvalue weighted by Crippen LogP contribution is -1.95. The molecule has 19 heavy (non-hydrogen) atoms. The summed E-state index contributed by atoms with van der Waals surface area (Å²) in [7, 11) is 0. The Morgan fingerprint density at radius 1 is 1.16 bits per heavy atom. The van der Waals surface area contributed by atoms with Gasteiger partial charge in [-0.1, -0.05) is 31.2 Å². The maximum Gasteiger partial charge on any atom is 0.145 e. The van der Waals surface area contributed by atoms with Crippen molar-refractivity contribution in [3.63, 3.8) is 0 Å². The number of aliphatic hydroxyl groups is 1. The third-order valence-electron chi connectivity index (χ3n) is 2.89. The zero-order chi connectivity index (χ0) is 13.7. The van der Waals surface area contributed by atoms with Gasteiger partial charge in [-0.2, -0.15) is 5.26 Å². The van der Waals surface area contributed by atoms with Crippen LogP contribution in [-0.2, 0) is 0 Å². The van der Waals surface area contributed by atoms with E-state index in [0.717, 1.165) is 5.56 Å². The van der Waals surface area contributed by atoms with Crippen molar-refractivity contribution in [2.24, 2.45) is 0 Å². The Morgan fingerprint density at radius 2 is 1.84 bits per heavy atom. The Bertz CT molecular complexity index is 584. The Balaban J connectivity index is 2.18. The number of benzene rings is 2. The van der Waals surface area contributed by atoms with Crippen LogP contribution in [0.25, 0.3) is 0 Å². The predicted molar refractivity (Wildman–Crippen MR) is 72.9 cm³/mol. The average molecular weight is 253 g/mol. The van der Waals surface area contributed by atoms with Gasteiger partial charge in [0.05, 0.1) is 11.7 Å². The van der Waals surface area contributed by atoms with Crippen molar-refractivity contribution in [2.45, 2.75) is 19.4 Å². The van der Waals surface area contributed by atoms with Crippen LogP contribution in [0.5, 0.6) is 11.5 Å². The maximum absolute atomic E-state index is 9.71.